The van der Waals surface area contributed by atoms with Gasteiger partial charge in [0.25, 0.3) is 5.91 Å². The van der Waals surface area contributed by atoms with Gasteiger partial charge < -0.3 is 10.1 Å². The van der Waals surface area contributed by atoms with Gasteiger partial charge >= 0.3 is 5.97 Å². The van der Waals surface area contributed by atoms with Gasteiger partial charge in [-0.2, -0.15) is 0 Å². The highest BCUT2D eigenvalue weighted by Crippen LogP contribution is 2.24. The number of amides is 1. The summed E-state index contributed by atoms with van der Waals surface area (Å²) >= 11 is 3.32. The summed E-state index contributed by atoms with van der Waals surface area (Å²) in [6, 6.07) is 16.2. The third kappa shape index (κ3) is 4.20. The van der Waals surface area contributed by atoms with Crippen LogP contribution < -0.4 is 5.32 Å². The highest BCUT2D eigenvalue weighted by molar-refractivity contribution is 9.10. The number of benzene rings is 2. The lowest BCUT2D eigenvalue weighted by atomic mass is 10.1. The highest BCUT2D eigenvalue weighted by atomic mass is 79.9. The van der Waals surface area contributed by atoms with E-state index < -0.39 is 12.1 Å². The molecule has 0 radical (unpaired) electrons. The normalized spacial score (nSPS) is 14.8. The van der Waals surface area contributed by atoms with E-state index in [-0.39, 0.29) is 11.9 Å². The third-order valence-corrected chi connectivity index (χ3v) is 4.04. The number of carbonyl (C=O) groups excluding carboxylic acids is 2. The van der Waals surface area contributed by atoms with E-state index in [2.05, 4.69) is 21.2 Å². The van der Waals surface area contributed by atoms with Crippen LogP contribution in [0.25, 0.3) is 0 Å². The maximum Gasteiger partial charge on any atom is 0.339 e. The molecule has 2 aromatic carbocycles. The van der Waals surface area contributed by atoms with Crippen LogP contribution in [-0.4, -0.2) is 17.9 Å². The Bertz CT molecular complexity index is 713. The van der Waals surface area contributed by atoms with E-state index in [9.17, 15) is 9.59 Å². The van der Waals surface area contributed by atoms with Crippen LogP contribution in [0.3, 0.4) is 0 Å². The number of rotatable bonds is 5. The molecule has 4 nitrogen and oxygen atoms in total. The van der Waals surface area contributed by atoms with Gasteiger partial charge in [0.1, 0.15) is 0 Å². The van der Waals surface area contributed by atoms with Crippen molar-refractivity contribution in [2.75, 3.05) is 0 Å². The molecule has 1 saturated carbocycles. The zero-order valence-electron chi connectivity index (χ0n) is 12.4. The predicted molar refractivity (Wildman–Crippen MR) is 89.9 cm³/mol. The first-order valence-electron chi connectivity index (χ1n) is 7.45. The van der Waals surface area contributed by atoms with Crippen molar-refractivity contribution in [3.8, 4) is 0 Å². The Morgan fingerprint density at radius 1 is 1.09 bits per heavy atom. The lowest BCUT2D eigenvalue weighted by molar-refractivity contribution is -0.130. The molecule has 1 N–H and O–H groups in total. The van der Waals surface area contributed by atoms with Crippen molar-refractivity contribution in [3.63, 3.8) is 0 Å². The number of esters is 1. The fraction of sp³-hybridized carbons (Fsp3) is 0.222. The van der Waals surface area contributed by atoms with Gasteiger partial charge in [-0.3, -0.25) is 4.79 Å². The summed E-state index contributed by atoms with van der Waals surface area (Å²) in [5, 5.41) is 2.90. The Labute approximate surface area is 143 Å². The lowest BCUT2D eigenvalue weighted by Gasteiger charge is -2.18. The van der Waals surface area contributed by atoms with Crippen molar-refractivity contribution in [1.29, 1.82) is 0 Å². The summed E-state index contributed by atoms with van der Waals surface area (Å²) in [6.07, 6.45) is 1.02. The smallest absolute Gasteiger partial charge is 0.339 e. The van der Waals surface area contributed by atoms with Gasteiger partial charge in [-0.05, 0) is 31.0 Å². The van der Waals surface area contributed by atoms with Crippen LogP contribution in [0.15, 0.2) is 59.1 Å². The molecule has 1 aliphatic carbocycles. The van der Waals surface area contributed by atoms with Crippen molar-refractivity contribution in [2.45, 2.75) is 25.0 Å². The summed E-state index contributed by atoms with van der Waals surface area (Å²) in [7, 11) is 0. The molecule has 0 saturated heterocycles. The van der Waals surface area contributed by atoms with Crippen LogP contribution in [0.2, 0.25) is 0 Å². The molecule has 0 bridgehead atoms. The average Bonchev–Trinajstić information content (AvgIpc) is 3.37. The number of carbonyl (C=O) groups is 2. The first-order valence-corrected chi connectivity index (χ1v) is 8.24. The number of ether oxygens (including phenoxy) is 1. The summed E-state index contributed by atoms with van der Waals surface area (Å²) in [5.74, 6) is -0.798. The molecule has 0 aromatic heterocycles. The number of nitrogens with one attached hydrogen (secondary N) is 1. The molecular formula is C18H16BrNO3. The first-order chi connectivity index (χ1) is 11.1. The summed E-state index contributed by atoms with van der Waals surface area (Å²) in [6.45, 7) is 0. The maximum absolute atomic E-state index is 12.4. The molecule has 0 unspecified atom stereocenters. The Hall–Kier alpha value is -2.14. The van der Waals surface area contributed by atoms with Gasteiger partial charge in [-0.1, -0.05) is 52.3 Å². The van der Waals surface area contributed by atoms with E-state index in [1.807, 2.05) is 24.3 Å². The van der Waals surface area contributed by atoms with E-state index in [0.29, 0.717) is 11.1 Å². The Kier molecular flexibility index (Phi) is 4.76. The minimum absolute atomic E-state index is 0.207. The van der Waals surface area contributed by atoms with Crippen molar-refractivity contribution in [2.24, 2.45) is 0 Å². The SMILES string of the molecule is O=C(O[C@@H](C(=O)NC1CC1)c1ccccc1)c1cccc(Br)c1. The quantitative estimate of drug-likeness (QED) is 0.814. The third-order valence-electron chi connectivity index (χ3n) is 3.55. The monoisotopic (exact) mass is 373 g/mol. The van der Waals surface area contributed by atoms with E-state index in [0.717, 1.165) is 17.3 Å². The van der Waals surface area contributed by atoms with Crippen LogP contribution in [-0.2, 0) is 9.53 Å². The van der Waals surface area contributed by atoms with E-state index in [4.69, 9.17) is 4.74 Å². The predicted octanol–water partition coefficient (Wildman–Crippen LogP) is 3.63. The summed E-state index contributed by atoms with van der Waals surface area (Å²) in [4.78, 5) is 24.8. The molecule has 118 valence electrons. The van der Waals surface area contributed by atoms with Gasteiger partial charge in [0.2, 0.25) is 6.10 Å². The van der Waals surface area contributed by atoms with E-state index in [1.54, 1.807) is 30.3 Å². The fourth-order valence-corrected chi connectivity index (χ4v) is 2.60. The molecule has 0 spiro atoms. The zero-order valence-corrected chi connectivity index (χ0v) is 14.0. The standard InChI is InChI=1S/C18H16BrNO3/c19-14-8-4-7-13(11-14)18(22)23-16(12-5-2-1-3-6-12)17(21)20-15-9-10-15/h1-8,11,15-16H,9-10H2,(H,20,21)/t16-/m1/s1. The number of hydrogen-bond acceptors (Lipinski definition) is 3. The average molecular weight is 374 g/mol. The molecule has 1 fully saturated rings. The molecule has 0 aliphatic heterocycles. The molecule has 2 aromatic rings. The fourth-order valence-electron chi connectivity index (χ4n) is 2.20. The summed E-state index contributed by atoms with van der Waals surface area (Å²) < 4.78 is 6.28. The van der Waals surface area contributed by atoms with Gasteiger partial charge in [0.15, 0.2) is 0 Å². The lowest BCUT2D eigenvalue weighted by Crippen LogP contribution is -2.33. The van der Waals surface area contributed by atoms with Gasteiger partial charge in [0.05, 0.1) is 5.56 Å². The second-order valence-electron chi connectivity index (χ2n) is 5.49. The van der Waals surface area contributed by atoms with Crippen LogP contribution >= 0.6 is 15.9 Å². The van der Waals surface area contributed by atoms with Gasteiger partial charge in [0, 0.05) is 16.1 Å². The maximum atomic E-state index is 12.4. The first kappa shape index (κ1) is 15.7. The highest BCUT2D eigenvalue weighted by Gasteiger charge is 2.31. The van der Waals surface area contributed by atoms with Crippen molar-refractivity contribution in [1.82, 2.24) is 5.32 Å². The Balaban J connectivity index is 1.80. The number of hydrogen-bond donors (Lipinski definition) is 1. The minimum atomic E-state index is -0.941. The topological polar surface area (TPSA) is 55.4 Å². The molecule has 0 heterocycles. The van der Waals surface area contributed by atoms with Gasteiger partial charge in [-0.25, -0.2) is 4.79 Å². The van der Waals surface area contributed by atoms with Crippen molar-refractivity contribution >= 4 is 27.8 Å². The van der Waals surface area contributed by atoms with Crippen molar-refractivity contribution < 1.29 is 14.3 Å². The van der Waals surface area contributed by atoms with Crippen LogP contribution in [0.4, 0.5) is 0 Å². The Morgan fingerprint density at radius 2 is 1.83 bits per heavy atom. The number of halogens is 1. The molecule has 1 aliphatic rings. The molecular weight excluding hydrogens is 358 g/mol. The second kappa shape index (κ2) is 6.96. The van der Waals surface area contributed by atoms with Crippen LogP contribution in [0, 0.1) is 0 Å². The molecule has 1 amide bonds. The minimum Gasteiger partial charge on any atom is -0.444 e. The second-order valence-corrected chi connectivity index (χ2v) is 6.40. The van der Waals surface area contributed by atoms with E-state index >= 15 is 0 Å². The van der Waals surface area contributed by atoms with Crippen LogP contribution in [0.5, 0.6) is 0 Å². The van der Waals surface area contributed by atoms with Gasteiger partial charge in [-0.15, -0.1) is 0 Å². The van der Waals surface area contributed by atoms with E-state index in [1.165, 1.54) is 0 Å². The molecule has 3 rings (SSSR count). The zero-order chi connectivity index (χ0) is 16.2. The van der Waals surface area contributed by atoms with Crippen molar-refractivity contribution in [3.05, 3.63) is 70.2 Å². The largest absolute Gasteiger partial charge is 0.444 e. The molecule has 5 heteroatoms. The van der Waals surface area contributed by atoms with Crippen LogP contribution in [0.1, 0.15) is 34.9 Å². The summed E-state index contributed by atoms with van der Waals surface area (Å²) in [5.41, 5.74) is 1.06. The molecule has 1 atom stereocenters. The molecule has 23 heavy (non-hydrogen) atoms. The Morgan fingerprint density at radius 3 is 2.48 bits per heavy atom.